The van der Waals surface area contributed by atoms with Gasteiger partial charge < -0.3 is 15.9 Å². The number of aromatic hydroxyl groups is 1. The molecule has 2 aliphatic carbocycles. The second-order valence-electron chi connectivity index (χ2n) is 8.66. The molecule has 0 radical (unpaired) electrons. The number of rotatable bonds is 4. The van der Waals surface area contributed by atoms with Crippen LogP contribution in [0.1, 0.15) is 89.3 Å². The highest BCUT2D eigenvalue weighted by Gasteiger charge is 2.36. The number of ketones is 2. The first-order valence-electron chi connectivity index (χ1n) is 12.6. The molecule has 0 aliphatic heterocycles. The third kappa shape index (κ3) is 5.78. The number of terminal acetylenes is 1. The number of fused-ring (bicyclic) bond motifs is 3. The third-order valence-electron chi connectivity index (χ3n) is 6.79. The van der Waals surface area contributed by atoms with Crippen molar-refractivity contribution in [3.63, 3.8) is 0 Å². The smallest absolute Gasteiger partial charge is 0.198 e. The minimum atomic E-state index is -0.139. The van der Waals surface area contributed by atoms with E-state index in [1.807, 2.05) is 39.0 Å². The fourth-order valence-electron chi connectivity index (χ4n) is 5.06. The van der Waals surface area contributed by atoms with Crippen molar-refractivity contribution >= 4 is 17.1 Å². The summed E-state index contributed by atoms with van der Waals surface area (Å²) in [6.45, 7) is 12.6. The van der Waals surface area contributed by atoms with Crippen molar-refractivity contribution in [3.8, 4) is 18.6 Å². The number of Topliss-reactive ketones (excluding diaryl/α,β-unsaturated/α-hetero) is 1. The average Bonchev–Trinajstić information content (AvgIpc) is 2.94. The van der Waals surface area contributed by atoms with Crippen molar-refractivity contribution in [2.45, 2.75) is 66.2 Å². The van der Waals surface area contributed by atoms with Crippen molar-refractivity contribution in [2.75, 3.05) is 13.7 Å². The van der Waals surface area contributed by atoms with E-state index in [0.717, 1.165) is 64.6 Å². The molecule has 0 fully saturated rings. The SMILES string of the molecule is C#C.C=C1c2c(CC)cccc2C(=O)c2c(O)c3c(c(C)c21)CCC(C(=O)CC)C3.CCCO.CN. The van der Waals surface area contributed by atoms with Crippen LogP contribution in [0.4, 0.5) is 0 Å². The zero-order chi connectivity index (χ0) is 27.6. The van der Waals surface area contributed by atoms with Gasteiger partial charge in [-0.1, -0.05) is 45.5 Å². The fraction of sp³-hybridized carbons (Fsp3) is 0.419. The van der Waals surface area contributed by atoms with Crippen molar-refractivity contribution in [2.24, 2.45) is 11.7 Å². The van der Waals surface area contributed by atoms with Gasteiger partial charge in [0.05, 0.1) is 5.56 Å². The second-order valence-corrected chi connectivity index (χ2v) is 8.66. The zero-order valence-corrected chi connectivity index (χ0v) is 22.4. The number of carbonyl (C=O) groups is 2. The molecule has 2 aromatic rings. The number of aryl methyl sites for hydroxylation is 1. The second kappa shape index (κ2) is 14.4. The molecule has 0 bridgehead atoms. The van der Waals surface area contributed by atoms with Crippen molar-refractivity contribution in [1.29, 1.82) is 0 Å². The molecule has 0 spiro atoms. The van der Waals surface area contributed by atoms with E-state index < -0.39 is 0 Å². The number of hydrogen-bond donors (Lipinski definition) is 3. The van der Waals surface area contributed by atoms with E-state index in [9.17, 15) is 14.7 Å². The maximum atomic E-state index is 13.4. The molecule has 0 heterocycles. The Labute approximate surface area is 216 Å². The number of nitrogens with two attached hydrogens (primary N) is 1. The van der Waals surface area contributed by atoms with Gasteiger partial charge in [-0.3, -0.25) is 9.59 Å². The number of aliphatic hydroxyl groups excluding tert-OH is 1. The molecule has 1 unspecified atom stereocenters. The van der Waals surface area contributed by atoms with E-state index in [-0.39, 0.29) is 23.2 Å². The normalized spacial score (nSPS) is 14.9. The summed E-state index contributed by atoms with van der Waals surface area (Å²) in [6, 6.07) is 5.76. The lowest BCUT2D eigenvalue weighted by molar-refractivity contribution is -0.122. The highest BCUT2D eigenvalue weighted by Crippen LogP contribution is 2.47. The summed E-state index contributed by atoms with van der Waals surface area (Å²) in [6.07, 6.45) is 12.3. The number of aliphatic hydroxyl groups is 1. The molecular weight excluding hydrogens is 450 g/mol. The van der Waals surface area contributed by atoms with Gasteiger partial charge in [-0.15, -0.1) is 12.8 Å². The van der Waals surface area contributed by atoms with E-state index in [1.165, 1.54) is 7.05 Å². The maximum Gasteiger partial charge on any atom is 0.198 e. The average molecular weight is 492 g/mol. The maximum absolute atomic E-state index is 13.4. The van der Waals surface area contributed by atoms with Crippen LogP contribution in [0.25, 0.3) is 5.57 Å². The van der Waals surface area contributed by atoms with Crippen molar-refractivity contribution in [3.05, 3.63) is 69.3 Å². The van der Waals surface area contributed by atoms with Crippen molar-refractivity contribution in [1.82, 2.24) is 0 Å². The highest BCUT2D eigenvalue weighted by atomic mass is 16.3. The molecule has 5 heteroatoms. The predicted octanol–water partition coefficient (Wildman–Crippen LogP) is 5.17. The Kier molecular flexibility index (Phi) is 12.3. The van der Waals surface area contributed by atoms with E-state index in [1.54, 1.807) is 0 Å². The lowest BCUT2D eigenvalue weighted by Crippen LogP contribution is -2.25. The standard InChI is InChI=1S/C25H26O3.C3H8O.C2H2.CH5N/c1-5-15-8-7-9-18-22(15)14(4)21-13(3)17-11-10-16(20(26)6-2)12-19(17)25(28)23(21)24(18)27;1-2-3-4;2*1-2/h7-9,16,28H,4-6,10-12H2,1-3H3;4H,2-3H2,1H3;1-2H;2H2,1H3. The summed E-state index contributed by atoms with van der Waals surface area (Å²) in [7, 11) is 1.50. The summed E-state index contributed by atoms with van der Waals surface area (Å²) in [5.74, 6) is 0.0822. The largest absolute Gasteiger partial charge is 0.507 e. The van der Waals surface area contributed by atoms with Crippen LogP contribution in [0.15, 0.2) is 24.8 Å². The van der Waals surface area contributed by atoms with Gasteiger partial charge in [-0.05, 0) is 85.0 Å². The summed E-state index contributed by atoms with van der Waals surface area (Å²) >= 11 is 0. The van der Waals surface area contributed by atoms with Crippen LogP contribution in [-0.4, -0.2) is 35.4 Å². The topological polar surface area (TPSA) is 101 Å². The number of carbonyl (C=O) groups excluding carboxylic acids is 2. The molecule has 0 saturated carbocycles. The molecule has 0 aromatic heterocycles. The van der Waals surface area contributed by atoms with Gasteiger partial charge in [0.2, 0.25) is 0 Å². The van der Waals surface area contributed by atoms with E-state index in [2.05, 4.69) is 32.1 Å². The Morgan fingerprint density at radius 3 is 2.25 bits per heavy atom. The molecule has 194 valence electrons. The molecule has 2 aliphatic rings. The van der Waals surface area contributed by atoms with Crippen LogP contribution in [0.2, 0.25) is 0 Å². The minimum Gasteiger partial charge on any atom is -0.507 e. The van der Waals surface area contributed by atoms with Crippen LogP contribution in [-0.2, 0) is 24.1 Å². The summed E-state index contributed by atoms with van der Waals surface area (Å²) in [5.41, 5.74) is 12.0. The zero-order valence-electron chi connectivity index (χ0n) is 22.4. The number of phenols is 1. The fourth-order valence-corrected chi connectivity index (χ4v) is 5.06. The molecule has 0 amide bonds. The molecule has 5 nitrogen and oxygen atoms in total. The Morgan fingerprint density at radius 2 is 1.72 bits per heavy atom. The first-order valence-corrected chi connectivity index (χ1v) is 12.6. The third-order valence-corrected chi connectivity index (χ3v) is 6.79. The Hall–Kier alpha value is -3.20. The molecular formula is C31H41NO4. The van der Waals surface area contributed by atoms with Crippen LogP contribution < -0.4 is 5.73 Å². The van der Waals surface area contributed by atoms with E-state index in [0.29, 0.717) is 30.6 Å². The summed E-state index contributed by atoms with van der Waals surface area (Å²) in [4.78, 5) is 25.6. The lowest BCUT2D eigenvalue weighted by Gasteiger charge is -2.32. The van der Waals surface area contributed by atoms with Crippen molar-refractivity contribution < 1.29 is 19.8 Å². The first kappa shape index (κ1) is 30.8. The van der Waals surface area contributed by atoms with Gasteiger partial charge in [-0.25, -0.2) is 0 Å². The Bertz CT molecular complexity index is 1130. The van der Waals surface area contributed by atoms with Gasteiger partial charge in [0, 0.05) is 24.5 Å². The van der Waals surface area contributed by atoms with E-state index >= 15 is 0 Å². The van der Waals surface area contributed by atoms with Crippen LogP contribution >= 0.6 is 0 Å². The summed E-state index contributed by atoms with van der Waals surface area (Å²) < 4.78 is 0. The van der Waals surface area contributed by atoms with Crippen LogP contribution in [0.3, 0.4) is 0 Å². The van der Waals surface area contributed by atoms with Gasteiger partial charge in [0.15, 0.2) is 5.78 Å². The monoisotopic (exact) mass is 491 g/mol. The number of benzene rings is 2. The van der Waals surface area contributed by atoms with Crippen LogP contribution in [0.5, 0.6) is 5.75 Å². The van der Waals surface area contributed by atoms with Gasteiger partial charge >= 0.3 is 0 Å². The van der Waals surface area contributed by atoms with Gasteiger partial charge in [0.25, 0.3) is 0 Å². The molecule has 2 aromatic carbocycles. The predicted molar refractivity (Wildman–Crippen MR) is 148 cm³/mol. The Morgan fingerprint density at radius 1 is 1.11 bits per heavy atom. The van der Waals surface area contributed by atoms with E-state index in [4.69, 9.17) is 5.11 Å². The number of hydrogen-bond acceptors (Lipinski definition) is 5. The molecule has 4 N–H and O–H groups in total. The quantitative estimate of drug-likeness (QED) is 0.437. The highest BCUT2D eigenvalue weighted by molar-refractivity contribution is 6.21. The van der Waals surface area contributed by atoms with Gasteiger partial charge in [-0.2, -0.15) is 0 Å². The minimum absolute atomic E-state index is 0.0582. The van der Waals surface area contributed by atoms with Crippen LogP contribution in [0, 0.1) is 25.7 Å². The summed E-state index contributed by atoms with van der Waals surface area (Å²) in [5, 5.41) is 19.0. The van der Waals surface area contributed by atoms with Gasteiger partial charge in [0.1, 0.15) is 11.5 Å². The molecule has 36 heavy (non-hydrogen) atoms. The number of phenolic OH excluding ortho intramolecular Hbond substituents is 1. The Balaban J connectivity index is 0.000000725. The molecule has 1 atom stereocenters. The molecule has 4 rings (SSSR count). The first-order chi connectivity index (χ1) is 17.3. The lowest BCUT2D eigenvalue weighted by atomic mass is 9.71. The molecule has 0 saturated heterocycles.